The molecule has 3 nitrogen and oxygen atoms in total. The molecular weight excluding hydrogens is 303 g/mol. The van der Waals surface area contributed by atoms with Gasteiger partial charge < -0.3 is 5.32 Å². The lowest BCUT2D eigenvalue weighted by Crippen LogP contribution is -2.13. The van der Waals surface area contributed by atoms with Crippen LogP contribution >= 0.6 is 11.6 Å². The molecule has 0 fully saturated rings. The zero-order chi connectivity index (χ0) is 15.5. The number of aromatic nitrogens is 2. The van der Waals surface area contributed by atoms with E-state index in [2.05, 4.69) is 10.3 Å². The molecule has 21 heavy (non-hydrogen) atoms. The Hall–Kier alpha value is -1.69. The molecule has 0 amide bonds. The van der Waals surface area contributed by atoms with Gasteiger partial charge in [0, 0.05) is 24.0 Å². The van der Waals surface area contributed by atoms with Gasteiger partial charge in [-0.25, -0.2) is 4.98 Å². The normalized spacial score (nSPS) is 11.7. The summed E-state index contributed by atoms with van der Waals surface area (Å²) in [6.07, 6.45) is 0.378. The van der Waals surface area contributed by atoms with Crippen LogP contribution < -0.4 is 5.32 Å². The van der Waals surface area contributed by atoms with Crippen molar-refractivity contribution in [3.05, 3.63) is 41.2 Å². The van der Waals surface area contributed by atoms with Crippen molar-refractivity contribution in [2.45, 2.75) is 25.9 Å². The second kappa shape index (κ2) is 6.39. The predicted octanol–water partition coefficient (Wildman–Crippen LogP) is 4.76. The summed E-state index contributed by atoms with van der Waals surface area (Å²) < 4.78 is 40.8. The van der Waals surface area contributed by atoms with Gasteiger partial charge in [0.05, 0.1) is 11.3 Å². The topological polar surface area (TPSA) is 29.9 Å². The van der Waals surface area contributed by atoms with Gasteiger partial charge in [0.25, 0.3) is 0 Å². The quantitative estimate of drug-likeness (QED) is 0.806. The summed E-state index contributed by atoms with van der Waals surface area (Å²) in [5, 5.41) is 3.09. The maximum Gasteiger partial charge on any atom is 0.418 e. The number of nitrogens with zero attached hydrogens (tertiary/aromatic N) is 2. The van der Waals surface area contributed by atoms with Gasteiger partial charge in [-0.3, -0.25) is 4.57 Å². The van der Waals surface area contributed by atoms with Gasteiger partial charge in [-0.1, -0.05) is 24.9 Å². The maximum absolute atomic E-state index is 13.1. The van der Waals surface area contributed by atoms with E-state index in [1.54, 1.807) is 0 Å². The summed E-state index contributed by atoms with van der Waals surface area (Å²) in [6, 6.07) is 3.70. The van der Waals surface area contributed by atoms with E-state index in [1.807, 2.05) is 6.92 Å². The molecule has 2 rings (SSSR count). The summed E-state index contributed by atoms with van der Waals surface area (Å²) in [7, 11) is 0. The number of alkyl halides is 3. The standard InChI is InChI=1S/C14H15ClF3N3/c1-2-3-6-19-13-20-7-8-21(13)12-5-4-10(15)9-11(12)14(16,17)18/h4-5,7-9H,2-3,6H2,1H3,(H,19,20). The maximum atomic E-state index is 13.1. The van der Waals surface area contributed by atoms with Crippen molar-refractivity contribution in [1.29, 1.82) is 0 Å². The summed E-state index contributed by atoms with van der Waals surface area (Å²) in [5.74, 6) is 0.385. The molecule has 1 heterocycles. The van der Waals surface area contributed by atoms with Gasteiger partial charge in [0.15, 0.2) is 0 Å². The van der Waals surface area contributed by atoms with Crippen molar-refractivity contribution in [3.63, 3.8) is 0 Å². The van der Waals surface area contributed by atoms with Gasteiger partial charge in [0.1, 0.15) is 0 Å². The third kappa shape index (κ3) is 3.69. The highest BCUT2D eigenvalue weighted by Gasteiger charge is 2.34. The van der Waals surface area contributed by atoms with Crippen molar-refractivity contribution < 1.29 is 13.2 Å². The number of benzene rings is 1. The minimum atomic E-state index is -4.48. The number of hydrogen-bond donors (Lipinski definition) is 1. The van der Waals surface area contributed by atoms with Crippen molar-refractivity contribution in [1.82, 2.24) is 9.55 Å². The first-order valence-corrected chi connectivity index (χ1v) is 6.95. The molecule has 1 aromatic heterocycles. The fraction of sp³-hybridized carbons (Fsp3) is 0.357. The zero-order valence-corrected chi connectivity index (χ0v) is 12.2. The highest BCUT2D eigenvalue weighted by molar-refractivity contribution is 6.30. The lowest BCUT2D eigenvalue weighted by molar-refractivity contribution is -0.137. The average molecular weight is 318 g/mol. The van der Waals surface area contributed by atoms with Crippen molar-refractivity contribution >= 4 is 17.5 Å². The third-order valence-electron chi connectivity index (χ3n) is 2.98. The van der Waals surface area contributed by atoms with Crippen molar-refractivity contribution in [2.75, 3.05) is 11.9 Å². The minimum absolute atomic E-state index is 0.00315. The van der Waals surface area contributed by atoms with E-state index in [-0.39, 0.29) is 10.7 Å². The number of nitrogens with one attached hydrogen (secondary N) is 1. The lowest BCUT2D eigenvalue weighted by atomic mass is 10.1. The van der Waals surface area contributed by atoms with E-state index in [1.165, 1.54) is 29.1 Å². The first-order valence-electron chi connectivity index (χ1n) is 6.58. The molecule has 0 atom stereocenters. The van der Waals surface area contributed by atoms with E-state index >= 15 is 0 Å². The van der Waals surface area contributed by atoms with Crippen molar-refractivity contribution in [2.24, 2.45) is 0 Å². The first-order chi connectivity index (χ1) is 9.93. The van der Waals surface area contributed by atoms with Crippen LogP contribution in [0.15, 0.2) is 30.6 Å². The number of unbranched alkanes of at least 4 members (excludes halogenated alkanes) is 1. The number of halogens is 4. The first kappa shape index (κ1) is 15.7. The fourth-order valence-corrected chi connectivity index (χ4v) is 2.12. The Balaban J connectivity index is 2.41. The number of hydrogen-bond acceptors (Lipinski definition) is 2. The molecule has 1 N–H and O–H groups in total. The van der Waals surface area contributed by atoms with Crippen molar-refractivity contribution in [3.8, 4) is 5.69 Å². The summed E-state index contributed by atoms with van der Waals surface area (Å²) in [6.45, 7) is 2.69. The van der Waals surface area contributed by atoms with Gasteiger partial charge in [-0.05, 0) is 24.6 Å². The van der Waals surface area contributed by atoms with Crippen LogP contribution in [-0.4, -0.2) is 16.1 Å². The molecule has 114 valence electrons. The molecule has 0 radical (unpaired) electrons. The van der Waals surface area contributed by atoms with Crippen LogP contribution in [0, 0.1) is 0 Å². The third-order valence-corrected chi connectivity index (χ3v) is 3.21. The molecule has 0 aliphatic carbocycles. The van der Waals surface area contributed by atoms with E-state index < -0.39 is 11.7 Å². The number of anilines is 1. The summed E-state index contributed by atoms with van der Waals surface area (Å²) in [5.41, 5.74) is -0.782. The molecular formula is C14H15ClF3N3. The van der Waals surface area contributed by atoms with E-state index in [4.69, 9.17) is 11.6 Å². The highest BCUT2D eigenvalue weighted by Crippen LogP contribution is 2.36. The van der Waals surface area contributed by atoms with Crippen LogP contribution in [0.3, 0.4) is 0 Å². The fourth-order valence-electron chi connectivity index (χ4n) is 1.95. The summed E-state index contributed by atoms with van der Waals surface area (Å²) >= 11 is 5.69. The Morgan fingerprint density at radius 1 is 1.33 bits per heavy atom. The van der Waals surface area contributed by atoms with Gasteiger partial charge in [0.2, 0.25) is 5.95 Å². The number of imidazole rings is 1. The van der Waals surface area contributed by atoms with E-state index in [0.717, 1.165) is 18.9 Å². The minimum Gasteiger partial charge on any atom is -0.355 e. The average Bonchev–Trinajstić information content (AvgIpc) is 2.86. The van der Waals surface area contributed by atoms with Crippen LogP contribution in [0.5, 0.6) is 0 Å². The largest absolute Gasteiger partial charge is 0.418 e. The number of rotatable bonds is 5. The van der Waals surface area contributed by atoms with Crippen LogP contribution in [-0.2, 0) is 6.18 Å². The summed E-state index contributed by atoms with van der Waals surface area (Å²) in [4.78, 5) is 4.06. The van der Waals surface area contributed by atoms with Crippen LogP contribution in [0.4, 0.5) is 19.1 Å². The molecule has 0 saturated carbocycles. The van der Waals surface area contributed by atoms with Crippen LogP contribution in [0.2, 0.25) is 5.02 Å². The monoisotopic (exact) mass is 317 g/mol. The van der Waals surface area contributed by atoms with E-state index in [9.17, 15) is 13.2 Å². The Labute approximate surface area is 125 Å². The molecule has 0 aliphatic rings. The predicted molar refractivity (Wildman–Crippen MR) is 77.0 cm³/mol. The molecule has 7 heteroatoms. The SMILES string of the molecule is CCCCNc1nccn1-c1ccc(Cl)cc1C(F)(F)F. The second-order valence-corrected chi connectivity index (χ2v) is 5.00. The molecule has 0 aliphatic heterocycles. The second-order valence-electron chi connectivity index (χ2n) is 4.56. The van der Waals surface area contributed by atoms with Gasteiger partial charge in [-0.2, -0.15) is 13.2 Å². The van der Waals surface area contributed by atoms with Gasteiger partial charge in [-0.15, -0.1) is 0 Å². The van der Waals surface area contributed by atoms with E-state index in [0.29, 0.717) is 12.5 Å². The molecule has 2 aromatic rings. The Morgan fingerprint density at radius 3 is 2.76 bits per heavy atom. The molecule has 0 spiro atoms. The molecule has 0 saturated heterocycles. The highest BCUT2D eigenvalue weighted by atomic mass is 35.5. The van der Waals surface area contributed by atoms with Gasteiger partial charge >= 0.3 is 6.18 Å². The Kier molecular flexibility index (Phi) is 4.77. The molecule has 1 aromatic carbocycles. The van der Waals surface area contributed by atoms with Crippen LogP contribution in [0.1, 0.15) is 25.3 Å². The Bertz CT molecular complexity index is 608. The Morgan fingerprint density at radius 2 is 2.10 bits per heavy atom. The zero-order valence-electron chi connectivity index (χ0n) is 11.4. The molecule has 0 unspecified atom stereocenters. The smallest absolute Gasteiger partial charge is 0.355 e. The molecule has 0 bridgehead atoms. The lowest BCUT2D eigenvalue weighted by Gasteiger charge is -2.16. The van der Waals surface area contributed by atoms with Crippen LogP contribution in [0.25, 0.3) is 5.69 Å².